The van der Waals surface area contributed by atoms with E-state index in [4.69, 9.17) is 0 Å². The fourth-order valence-corrected chi connectivity index (χ4v) is 2.52. The molecule has 4 heteroatoms. The minimum Gasteiger partial charge on any atom is -0.504 e. The molecule has 22 heavy (non-hydrogen) atoms. The van der Waals surface area contributed by atoms with Gasteiger partial charge in [-0.1, -0.05) is 26.0 Å². The van der Waals surface area contributed by atoms with Gasteiger partial charge in [0.05, 0.1) is 0 Å². The van der Waals surface area contributed by atoms with Crippen LogP contribution >= 0.6 is 0 Å². The Balaban J connectivity index is 1.97. The van der Waals surface area contributed by atoms with Gasteiger partial charge in [-0.2, -0.15) is 0 Å². The molecule has 2 unspecified atom stereocenters. The van der Waals surface area contributed by atoms with E-state index in [2.05, 4.69) is 13.8 Å². The molecular formula is C18H19O4. The fraction of sp³-hybridized carbons (Fsp3) is 0.333. The third-order valence-corrected chi connectivity index (χ3v) is 4.12. The molecule has 0 saturated heterocycles. The van der Waals surface area contributed by atoms with Gasteiger partial charge >= 0.3 is 0 Å². The van der Waals surface area contributed by atoms with E-state index in [0.29, 0.717) is 18.3 Å². The van der Waals surface area contributed by atoms with E-state index in [1.165, 1.54) is 24.3 Å². The monoisotopic (exact) mass is 299 g/mol. The molecule has 1 aliphatic carbocycles. The van der Waals surface area contributed by atoms with Crippen molar-refractivity contribution >= 4 is 11.6 Å². The molecule has 0 saturated carbocycles. The number of aromatic hydroxyl groups is 1. The van der Waals surface area contributed by atoms with Crippen LogP contribution in [0.25, 0.3) is 0 Å². The number of carbonyl (C=O) groups excluding carboxylic acids is 2. The van der Waals surface area contributed by atoms with E-state index in [0.717, 1.165) is 17.6 Å². The number of benzene rings is 1. The summed E-state index contributed by atoms with van der Waals surface area (Å²) in [5.74, 6) is -0.930. The number of rotatable bonds is 5. The molecule has 0 fully saturated rings. The summed E-state index contributed by atoms with van der Waals surface area (Å²) in [7, 11) is 0. The molecule has 2 rings (SSSR count). The number of hydrogen-bond acceptors (Lipinski definition) is 3. The zero-order valence-corrected chi connectivity index (χ0v) is 12.7. The lowest BCUT2D eigenvalue weighted by Gasteiger charge is -2.21. The highest BCUT2D eigenvalue weighted by Crippen LogP contribution is 2.29. The van der Waals surface area contributed by atoms with Crippen molar-refractivity contribution in [2.75, 3.05) is 0 Å². The lowest BCUT2D eigenvalue weighted by molar-refractivity contribution is -0.131. The van der Waals surface area contributed by atoms with Gasteiger partial charge in [0.2, 0.25) is 17.3 Å². The molecule has 1 N–H and O–H groups in total. The Morgan fingerprint density at radius 3 is 2.32 bits per heavy atom. The van der Waals surface area contributed by atoms with Crippen LogP contribution in [0.3, 0.4) is 0 Å². The maximum atomic E-state index is 11.4. The molecule has 1 aromatic rings. The number of hydrogen-bond donors (Lipinski definition) is 1. The van der Waals surface area contributed by atoms with Crippen LogP contribution in [0.5, 0.6) is 11.5 Å². The standard InChI is InChI=1S/C18H19O4/c1-11(7-13-3-5-15(19)17(21)9-13)12(2)8-14-4-6-16(20)18(22)10-14/h3-6,9-12,21H,7-8H2,1-2H3. The summed E-state index contributed by atoms with van der Waals surface area (Å²) < 4.78 is 0. The summed E-state index contributed by atoms with van der Waals surface area (Å²) in [5, 5.41) is 20.7. The summed E-state index contributed by atoms with van der Waals surface area (Å²) in [6.07, 6.45) is 5.87. The van der Waals surface area contributed by atoms with Crippen molar-refractivity contribution in [3.8, 4) is 11.5 Å². The van der Waals surface area contributed by atoms with Crippen molar-refractivity contribution in [2.24, 2.45) is 11.8 Å². The van der Waals surface area contributed by atoms with Crippen LogP contribution in [0, 0.1) is 11.8 Å². The molecule has 0 amide bonds. The predicted octanol–water partition coefficient (Wildman–Crippen LogP) is 3.38. The molecule has 0 aliphatic heterocycles. The van der Waals surface area contributed by atoms with Gasteiger partial charge in [0.25, 0.3) is 0 Å². The number of ketones is 2. The number of phenols is 1. The molecule has 1 aromatic carbocycles. The first-order valence-electron chi connectivity index (χ1n) is 7.32. The van der Waals surface area contributed by atoms with Gasteiger partial charge in [-0.15, -0.1) is 0 Å². The molecular weight excluding hydrogens is 280 g/mol. The van der Waals surface area contributed by atoms with Crippen LogP contribution in [0.1, 0.15) is 25.8 Å². The third-order valence-electron chi connectivity index (χ3n) is 4.12. The number of allylic oxidation sites excluding steroid dienone is 4. The lowest BCUT2D eigenvalue weighted by Crippen LogP contribution is -2.15. The van der Waals surface area contributed by atoms with E-state index in [1.54, 1.807) is 12.1 Å². The van der Waals surface area contributed by atoms with Gasteiger partial charge in [0, 0.05) is 0 Å². The molecule has 115 valence electrons. The van der Waals surface area contributed by atoms with Crippen LogP contribution in [-0.4, -0.2) is 16.7 Å². The average molecular weight is 299 g/mol. The van der Waals surface area contributed by atoms with Crippen molar-refractivity contribution in [1.29, 1.82) is 0 Å². The van der Waals surface area contributed by atoms with Gasteiger partial charge in [0.1, 0.15) is 0 Å². The quantitative estimate of drug-likeness (QED) is 0.669. The highest BCUT2D eigenvalue weighted by atomic mass is 16.3. The van der Waals surface area contributed by atoms with Crippen LogP contribution in [0.15, 0.2) is 42.0 Å². The SMILES string of the molecule is CC(CC1=CC(=O)C(=O)C=C1)C(C)Cc1ccc([O])c(O)c1. The maximum Gasteiger partial charge on any atom is 0.225 e. The molecule has 1 aliphatic rings. The van der Waals surface area contributed by atoms with Gasteiger partial charge in [-0.05, 0) is 60.1 Å². The second-order valence-electron chi connectivity index (χ2n) is 5.95. The van der Waals surface area contributed by atoms with Crippen LogP contribution in [-0.2, 0) is 21.1 Å². The largest absolute Gasteiger partial charge is 0.504 e. The topological polar surface area (TPSA) is 74.3 Å². The normalized spacial score (nSPS) is 17.3. The summed E-state index contributed by atoms with van der Waals surface area (Å²) in [6, 6.07) is 4.61. The Kier molecular flexibility index (Phi) is 4.81. The molecule has 4 nitrogen and oxygen atoms in total. The zero-order valence-electron chi connectivity index (χ0n) is 12.7. The second kappa shape index (κ2) is 6.60. The highest BCUT2D eigenvalue weighted by molar-refractivity contribution is 6.46. The first-order chi connectivity index (χ1) is 10.4. The van der Waals surface area contributed by atoms with Crippen molar-refractivity contribution in [1.82, 2.24) is 0 Å². The van der Waals surface area contributed by atoms with Gasteiger partial charge in [0.15, 0.2) is 5.75 Å². The Labute approximate surface area is 129 Å². The van der Waals surface area contributed by atoms with Crippen molar-refractivity contribution in [3.63, 3.8) is 0 Å². The smallest absolute Gasteiger partial charge is 0.225 e. The number of carbonyl (C=O) groups is 2. The minimum absolute atomic E-state index is 0.223. The molecule has 1 radical (unpaired) electrons. The highest BCUT2D eigenvalue weighted by Gasteiger charge is 2.18. The summed E-state index contributed by atoms with van der Waals surface area (Å²) in [6.45, 7) is 4.18. The average Bonchev–Trinajstić information content (AvgIpc) is 2.46. The van der Waals surface area contributed by atoms with Crippen molar-refractivity contribution in [3.05, 3.63) is 47.6 Å². The van der Waals surface area contributed by atoms with Crippen molar-refractivity contribution < 1.29 is 19.8 Å². The minimum atomic E-state index is -0.474. The Morgan fingerprint density at radius 2 is 1.68 bits per heavy atom. The van der Waals surface area contributed by atoms with E-state index in [-0.39, 0.29) is 11.5 Å². The zero-order chi connectivity index (χ0) is 16.3. The summed E-state index contributed by atoms with van der Waals surface area (Å²) >= 11 is 0. The van der Waals surface area contributed by atoms with Crippen LogP contribution < -0.4 is 0 Å². The van der Waals surface area contributed by atoms with E-state index in [9.17, 15) is 19.8 Å². The first kappa shape index (κ1) is 16.0. The fourth-order valence-electron chi connectivity index (χ4n) is 2.52. The van der Waals surface area contributed by atoms with Gasteiger partial charge in [-0.3, -0.25) is 14.7 Å². The third kappa shape index (κ3) is 3.85. The maximum absolute atomic E-state index is 11.4. The first-order valence-corrected chi connectivity index (χ1v) is 7.32. The van der Waals surface area contributed by atoms with E-state index < -0.39 is 11.6 Å². The Morgan fingerprint density at radius 1 is 1.00 bits per heavy atom. The van der Waals surface area contributed by atoms with E-state index in [1.807, 2.05) is 0 Å². The molecule has 0 heterocycles. The second-order valence-corrected chi connectivity index (χ2v) is 5.95. The molecule has 0 spiro atoms. The molecule has 0 bridgehead atoms. The van der Waals surface area contributed by atoms with Crippen molar-refractivity contribution in [2.45, 2.75) is 26.7 Å². The van der Waals surface area contributed by atoms with Crippen LogP contribution in [0.2, 0.25) is 0 Å². The predicted molar refractivity (Wildman–Crippen MR) is 82.1 cm³/mol. The van der Waals surface area contributed by atoms with Gasteiger partial charge < -0.3 is 5.11 Å². The molecule has 0 aromatic heterocycles. The summed E-state index contributed by atoms with van der Waals surface area (Å²) in [5.41, 5.74) is 1.78. The van der Waals surface area contributed by atoms with Gasteiger partial charge in [-0.25, -0.2) is 0 Å². The summed E-state index contributed by atoms with van der Waals surface area (Å²) in [4.78, 5) is 22.5. The van der Waals surface area contributed by atoms with Crippen LogP contribution in [0.4, 0.5) is 0 Å². The molecule has 2 atom stereocenters. The number of phenolic OH excluding ortho intramolecular Hbond substituents is 1. The Hall–Kier alpha value is -2.36. The van der Waals surface area contributed by atoms with E-state index >= 15 is 0 Å². The Bertz CT molecular complexity index is 655. The lowest BCUT2D eigenvalue weighted by atomic mass is 9.84.